The molecule has 0 spiro atoms. The highest BCUT2D eigenvalue weighted by molar-refractivity contribution is 6.35. The van der Waals surface area contributed by atoms with Crippen LogP contribution in [0.15, 0.2) is 23.2 Å². The van der Waals surface area contributed by atoms with Crippen molar-refractivity contribution in [3.63, 3.8) is 0 Å². The molecule has 0 unspecified atom stereocenters. The molecule has 1 aromatic rings. The molecule has 1 aliphatic carbocycles. The summed E-state index contributed by atoms with van der Waals surface area (Å²) in [7, 11) is 0. The van der Waals surface area contributed by atoms with Crippen molar-refractivity contribution in [2.75, 3.05) is 13.1 Å². The van der Waals surface area contributed by atoms with Gasteiger partial charge in [0.2, 0.25) is 0 Å². The van der Waals surface area contributed by atoms with Crippen LogP contribution in [0.25, 0.3) is 0 Å². The van der Waals surface area contributed by atoms with E-state index in [1.807, 2.05) is 12.1 Å². The summed E-state index contributed by atoms with van der Waals surface area (Å²) in [5.41, 5.74) is 7.07. The first-order chi connectivity index (χ1) is 8.65. The van der Waals surface area contributed by atoms with Crippen LogP contribution in [0.3, 0.4) is 0 Å². The fourth-order valence-corrected chi connectivity index (χ4v) is 2.81. The van der Waals surface area contributed by atoms with Gasteiger partial charge in [0.05, 0.1) is 6.04 Å². The maximum absolute atomic E-state index is 6.19. The van der Waals surface area contributed by atoms with Crippen LogP contribution in [0.1, 0.15) is 24.3 Å². The highest BCUT2D eigenvalue weighted by Crippen LogP contribution is 2.46. The average Bonchev–Trinajstić information content (AvgIpc) is 2.93. The molecule has 18 heavy (non-hydrogen) atoms. The Hall–Kier alpha value is -0.930. The third kappa shape index (κ3) is 2.29. The van der Waals surface area contributed by atoms with Crippen LogP contribution in [0.2, 0.25) is 10.0 Å². The monoisotopic (exact) mass is 283 g/mol. The lowest BCUT2D eigenvalue weighted by molar-refractivity contribution is 0.295. The second kappa shape index (κ2) is 4.63. The predicted molar refractivity (Wildman–Crippen MR) is 75.4 cm³/mol. The van der Waals surface area contributed by atoms with Crippen molar-refractivity contribution < 1.29 is 0 Å². The van der Waals surface area contributed by atoms with Crippen LogP contribution in [0.4, 0.5) is 0 Å². The quantitative estimate of drug-likeness (QED) is 0.670. The summed E-state index contributed by atoms with van der Waals surface area (Å²) in [4.78, 5) is 6.67. The van der Waals surface area contributed by atoms with Crippen molar-refractivity contribution >= 4 is 29.2 Å². The van der Waals surface area contributed by atoms with Crippen LogP contribution in [-0.2, 0) is 0 Å². The number of guanidine groups is 1. The molecule has 5 heteroatoms. The third-order valence-corrected chi connectivity index (χ3v) is 4.16. The summed E-state index contributed by atoms with van der Waals surface area (Å²) in [6, 6.07) is 5.94. The van der Waals surface area contributed by atoms with Crippen molar-refractivity contribution in [1.29, 1.82) is 0 Å². The maximum Gasteiger partial charge on any atom is 0.191 e. The molecule has 2 fully saturated rings. The molecule has 3 nitrogen and oxygen atoms in total. The summed E-state index contributed by atoms with van der Waals surface area (Å²) in [6.45, 7) is 2.07. The van der Waals surface area contributed by atoms with Gasteiger partial charge in [-0.2, -0.15) is 0 Å². The Morgan fingerprint density at radius 3 is 2.72 bits per heavy atom. The zero-order valence-corrected chi connectivity index (χ0v) is 11.5. The molecule has 2 atom stereocenters. The van der Waals surface area contributed by atoms with Gasteiger partial charge >= 0.3 is 0 Å². The topological polar surface area (TPSA) is 41.6 Å². The largest absolute Gasteiger partial charge is 0.370 e. The highest BCUT2D eigenvalue weighted by atomic mass is 35.5. The molecule has 3 rings (SSSR count). The number of nitrogens with zero attached hydrogens (tertiary/aromatic N) is 2. The van der Waals surface area contributed by atoms with Gasteiger partial charge in [-0.05, 0) is 30.5 Å². The van der Waals surface area contributed by atoms with E-state index in [0.717, 1.165) is 30.1 Å². The van der Waals surface area contributed by atoms with E-state index < -0.39 is 0 Å². The van der Waals surface area contributed by atoms with E-state index in [0.29, 0.717) is 16.9 Å². The molecule has 2 N–H and O–H groups in total. The van der Waals surface area contributed by atoms with Crippen LogP contribution in [0.5, 0.6) is 0 Å². The third-order valence-electron chi connectivity index (χ3n) is 3.60. The van der Waals surface area contributed by atoms with Crippen molar-refractivity contribution in [3.05, 3.63) is 33.8 Å². The molecular formula is C13H15Cl2N3. The first-order valence-electron chi connectivity index (χ1n) is 6.18. The Morgan fingerprint density at radius 2 is 2.11 bits per heavy atom. The van der Waals surface area contributed by atoms with Gasteiger partial charge in [0.25, 0.3) is 0 Å². The van der Waals surface area contributed by atoms with Crippen LogP contribution in [0, 0.1) is 0 Å². The molecule has 2 aliphatic rings. The zero-order chi connectivity index (χ0) is 12.7. The lowest BCUT2D eigenvalue weighted by atomic mass is 10.1. The lowest BCUT2D eigenvalue weighted by Crippen LogP contribution is -2.46. The van der Waals surface area contributed by atoms with E-state index in [1.54, 1.807) is 6.07 Å². The fraction of sp³-hybridized carbons (Fsp3) is 0.462. The molecular weight excluding hydrogens is 269 g/mol. The molecule has 96 valence electrons. The van der Waals surface area contributed by atoms with Crippen molar-refractivity contribution in [2.45, 2.75) is 24.8 Å². The highest BCUT2D eigenvalue weighted by Gasteiger charge is 2.40. The van der Waals surface area contributed by atoms with Crippen molar-refractivity contribution in [1.82, 2.24) is 4.90 Å². The molecule has 1 aromatic carbocycles. The lowest BCUT2D eigenvalue weighted by Gasteiger charge is -2.31. The van der Waals surface area contributed by atoms with Gasteiger partial charge in [0.15, 0.2) is 5.96 Å². The normalized spacial score (nSPS) is 27.0. The number of aliphatic imine (C=N–C) groups is 1. The first kappa shape index (κ1) is 12.1. The Labute approximate surface area is 117 Å². The number of hydrogen-bond acceptors (Lipinski definition) is 1. The number of benzene rings is 1. The van der Waals surface area contributed by atoms with Crippen LogP contribution < -0.4 is 5.73 Å². The SMILES string of the molecule is NC(=N[C@@H]1C[C@H]1c1ccc(Cl)cc1Cl)N1CCC1. The smallest absolute Gasteiger partial charge is 0.191 e. The summed E-state index contributed by atoms with van der Waals surface area (Å²) in [5, 5.41) is 1.40. The van der Waals surface area contributed by atoms with Gasteiger partial charge < -0.3 is 10.6 Å². The van der Waals surface area contributed by atoms with E-state index in [-0.39, 0.29) is 6.04 Å². The molecule has 1 aliphatic heterocycles. The maximum atomic E-state index is 6.19. The number of likely N-dealkylation sites (tertiary alicyclic amines) is 1. The number of nitrogens with two attached hydrogens (primary N) is 1. The molecule has 1 heterocycles. The van der Waals surface area contributed by atoms with E-state index in [4.69, 9.17) is 28.9 Å². The molecule has 1 saturated carbocycles. The molecule has 0 bridgehead atoms. The van der Waals surface area contributed by atoms with E-state index >= 15 is 0 Å². The van der Waals surface area contributed by atoms with Gasteiger partial charge in [-0.1, -0.05) is 29.3 Å². The second-order valence-electron chi connectivity index (χ2n) is 4.90. The van der Waals surface area contributed by atoms with Crippen molar-refractivity contribution in [2.24, 2.45) is 10.7 Å². The van der Waals surface area contributed by atoms with Gasteiger partial charge in [-0.3, -0.25) is 0 Å². The average molecular weight is 284 g/mol. The molecule has 0 radical (unpaired) electrons. The number of halogens is 2. The zero-order valence-electron chi connectivity index (χ0n) is 9.94. The Balaban J connectivity index is 1.69. The Bertz CT molecular complexity index is 497. The molecule has 1 saturated heterocycles. The molecule has 0 aromatic heterocycles. The summed E-state index contributed by atoms with van der Waals surface area (Å²) in [5.74, 6) is 1.08. The number of hydrogen-bond donors (Lipinski definition) is 1. The summed E-state index contributed by atoms with van der Waals surface area (Å²) < 4.78 is 0. The standard InChI is InChI=1S/C13H15Cl2N3/c14-8-2-3-9(11(15)6-8)10-7-12(10)17-13(16)18-4-1-5-18/h2-3,6,10,12H,1,4-5,7H2,(H2,16,17)/t10-,12+/m0/s1. The molecule has 0 amide bonds. The van der Waals surface area contributed by atoms with E-state index in [9.17, 15) is 0 Å². The minimum absolute atomic E-state index is 0.282. The summed E-state index contributed by atoms with van der Waals surface area (Å²) in [6.07, 6.45) is 2.24. The second-order valence-corrected chi connectivity index (χ2v) is 5.75. The van der Waals surface area contributed by atoms with Gasteiger partial charge in [-0.25, -0.2) is 4.99 Å². The minimum Gasteiger partial charge on any atom is -0.370 e. The Kier molecular flexibility index (Phi) is 3.12. The Morgan fingerprint density at radius 1 is 1.33 bits per heavy atom. The predicted octanol–water partition coefficient (Wildman–Crippen LogP) is 2.87. The van der Waals surface area contributed by atoms with Crippen LogP contribution in [-0.4, -0.2) is 30.0 Å². The first-order valence-corrected chi connectivity index (χ1v) is 6.94. The van der Waals surface area contributed by atoms with E-state index in [2.05, 4.69) is 9.89 Å². The van der Waals surface area contributed by atoms with Gasteiger partial charge in [0.1, 0.15) is 0 Å². The van der Waals surface area contributed by atoms with Crippen LogP contribution >= 0.6 is 23.2 Å². The van der Waals surface area contributed by atoms with Crippen molar-refractivity contribution in [3.8, 4) is 0 Å². The fourth-order valence-electron chi connectivity index (χ4n) is 2.26. The summed E-state index contributed by atoms with van der Waals surface area (Å²) >= 11 is 12.1. The van der Waals surface area contributed by atoms with E-state index in [1.165, 1.54) is 6.42 Å². The van der Waals surface area contributed by atoms with Gasteiger partial charge in [0, 0.05) is 29.1 Å². The van der Waals surface area contributed by atoms with Gasteiger partial charge in [-0.15, -0.1) is 0 Å². The number of rotatable bonds is 2. The minimum atomic E-state index is 0.282.